The van der Waals surface area contributed by atoms with E-state index in [0.717, 1.165) is 4.88 Å². The summed E-state index contributed by atoms with van der Waals surface area (Å²) in [6.45, 7) is 0. The smallest absolute Gasteiger partial charge is 0.379 e. The monoisotopic (exact) mass is 348 g/mol. The molecule has 3 rings (SSSR count). The van der Waals surface area contributed by atoms with Gasteiger partial charge in [0.05, 0.1) is 30.7 Å². The summed E-state index contributed by atoms with van der Waals surface area (Å²) in [6, 6.07) is 6.55. The maximum Gasteiger partial charge on any atom is 0.379 e. The molecule has 0 amide bonds. The van der Waals surface area contributed by atoms with E-state index in [2.05, 4.69) is 15.4 Å². The maximum atomic E-state index is 12.6. The number of furan rings is 1. The van der Waals surface area contributed by atoms with E-state index in [-0.39, 0.29) is 5.57 Å². The van der Waals surface area contributed by atoms with E-state index >= 15 is 0 Å². The van der Waals surface area contributed by atoms with Crippen LogP contribution in [0.3, 0.4) is 0 Å². The molecule has 0 fully saturated rings. The van der Waals surface area contributed by atoms with Gasteiger partial charge in [-0.05, 0) is 35.8 Å². The second kappa shape index (κ2) is 6.35. The van der Waals surface area contributed by atoms with Crippen LogP contribution in [0.25, 0.3) is 5.70 Å². The summed E-state index contributed by atoms with van der Waals surface area (Å²) in [6.07, 6.45) is 1.48. The zero-order valence-electron chi connectivity index (χ0n) is 12.0. The van der Waals surface area contributed by atoms with Crippen molar-refractivity contribution < 1.29 is 18.7 Å². The first-order valence-corrected chi connectivity index (χ1v) is 7.92. The average Bonchev–Trinajstić information content (AvgIpc) is 3.25. The predicted molar refractivity (Wildman–Crippen MR) is 88.6 cm³/mol. The molecule has 0 unspecified atom stereocenters. The minimum atomic E-state index is -0.943. The van der Waals surface area contributed by atoms with Gasteiger partial charge in [-0.1, -0.05) is 6.07 Å². The van der Waals surface area contributed by atoms with Crippen molar-refractivity contribution in [2.24, 2.45) is 0 Å². The lowest BCUT2D eigenvalue weighted by Crippen LogP contribution is -2.45. The van der Waals surface area contributed by atoms with Crippen LogP contribution in [0.2, 0.25) is 0 Å². The van der Waals surface area contributed by atoms with E-state index in [1.54, 1.807) is 12.1 Å². The van der Waals surface area contributed by atoms with Crippen LogP contribution in [0.1, 0.15) is 16.7 Å². The molecule has 118 valence electrons. The Labute approximate surface area is 141 Å². The lowest BCUT2D eigenvalue weighted by molar-refractivity contribution is -0.150. The van der Waals surface area contributed by atoms with Crippen LogP contribution in [0.5, 0.6) is 0 Å². The van der Waals surface area contributed by atoms with Gasteiger partial charge in [-0.2, -0.15) is 0 Å². The van der Waals surface area contributed by atoms with Crippen LogP contribution in [-0.4, -0.2) is 24.0 Å². The van der Waals surface area contributed by atoms with E-state index in [4.69, 9.17) is 16.6 Å². The number of Topliss-reactive ketones (excluding diaryl/α,β-unsaturated/α-hetero) is 1. The van der Waals surface area contributed by atoms with Gasteiger partial charge in [0.1, 0.15) is 0 Å². The topological polar surface area (TPSA) is 80.6 Å². The molecule has 3 heterocycles. The third kappa shape index (κ3) is 2.90. The summed E-state index contributed by atoms with van der Waals surface area (Å²) < 4.78 is 9.96. The molecule has 2 aromatic heterocycles. The predicted octanol–water partition coefficient (Wildman–Crippen LogP) is 2.01. The third-order valence-electron chi connectivity index (χ3n) is 3.28. The standard InChI is InChI=1S/C15H12N2O4S2/c1-20-14(19)13(18)10-11(8-4-2-6-21-8)16-15(22)17-12(10)9-5-3-7-23-9/h2-7,12H,1H3,(H2,16,17,22)/t12-/m1/s1. The highest BCUT2D eigenvalue weighted by molar-refractivity contribution is 7.80. The molecule has 2 aromatic rings. The summed E-state index contributed by atoms with van der Waals surface area (Å²) in [4.78, 5) is 25.2. The van der Waals surface area contributed by atoms with Gasteiger partial charge in [0.15, 0.2) is 10.9 Å². The first-order valence-electron chi connectivity index (χ1n) is 6.63. The minimum absolute atomic E-state index is 0.211. The molecule has 2 N–H and O–H groups in total. The number of ketones is 1. The Morgan fingerprint density at radius 3 is 2.78 bits per heavy atom. The summed E-state index contributed by atoms with van der Waals surface area (Å²) in [5.41, 5.74) is 0.579. The first-order chi connectivity index (χ1) is 11.1. The zero-order chi connectivity index (χ0) is 16.4. The van der Waals surface area contributed by atoms with Gasteiger partial charge >= 0.3 is 5.97 Å². The number of nitrogens with one attached hydrogen (secondary N) is 2. The third-order valence-corrected chi connectivity index (χ3v) is 4.44. The van der Waals surface area contributed by atoms with Crippen molar-refractivity contribution in [3.8, 4) is 0 Å². The van der Waals surface area contributed by atoms with E-state index in [1.807, 2.05) is 17.5 Å². The van der Waals surface area contributed by atoms with Gasteiger partial charge in [0.2, 0.25) is 0 Å². The van der Waals surface area contributed by atoms with Gasteiger partial charge in [0.25, 0.3) is 5.78 Å². The molecule has 1 aliphatic rings. The molecule has 1 atom stereocenters. The Morgan fingerprint density at radius 1 is 1.35 bits per heavy atom. The van der Waals surface area contributed by atoms with Crippen molar-refractivity contribution in [2.45, 2.75) is 6.04 Å². The number of hydrogen-bond donors (Lipinski definition) is 2. The molecule has 0 radical (unpaired) electrons. The Balaban J connectivity index is 2.18. The average molecular weight is 348 g/mol. The maximum absolute atomic E-state index is 12.6. The van der Waals surface area contributed by atoms with Crippen molar-refractivity contribution in [1.82, 2.24) is 10.6 Å². The highest BCUT2D eigenvalue weighted by atomic mass is 32.1. The molecule has 0 saturated heterocycles. The molecule has 0 aliphatic carbocycles. The Morgan fingerprint density at radius 2 is 2.17 bits per heavy atom. The molecular weight excluding hydrogens is 336 g/mol. The second-order valence-electron chi connectivity index (χ2n) is 4.63. The van der Waals surface area contributed by atoms with Gasteiger partial charge < -0.3 is 19.8 Å². The highest BCUT2D eigenvalue weighted by Crippen LogP contribution is 2.34. The second-order valence-corrected chi connectivity index (χ2v) is 6.02. The van der Waals surface area contributed by atoms with Crippen molar-refractivity contribution in [3.63, 3.8) is 0 Å². The van der Waals surface area contributed by atoms with Crippen LogP contribution in [0, 0.1) is 0 Å². The fourth-order valence-electron chi connectivity index (χ4n) is 2.30. The molecule has 23 heavy (non-hydrogen) atoms. The van der Waals surface area contributed by atoms with E-state index in [0.29, 0.717) is 16.6 Å². The summed E-state index contributed by atoms with van der Waals surface area (Å²) in [7, 11) is 1.17. The Hall–Kier alpha value is -2.45. The number of ether oxygens (including phenoxy) is 1. The Kier molecular flexibility index (Phi) is 4.26. The molecule has 0 aromatic carbocycles. The molecular formula is C15H12N2O4S2. The van der Waals surface area contributed by atoms with Gasteiger partial charge in [-0.3, -0.25) is 4.79 Å². The van der Waals surface area contributed by atoms with Crippen molar-refractivity contribution >= 4 is 46.1 Å². The van der Waals surface area contributed by atoms with Crippen LogP contribution in [0.15, 0.2) is 45.9 Å². The highest BCUT2D eigenvalue weighted by Gasteiger charge is 2.36. The number of carbonyl (C=O) groups is 2. The summed E-state index contributed by atoms with van der Waals surface area (Å²) >= 11 is 6.67. The quantitative estimate of drug-likeness (QED) is 0.497. The molecule has 8 heteroatoms. The van der Waals surface area contributed by atoms with Crippen LogP contribution < -0.4 is 10.6 Å². The first kappa shape index (κ1) is 15.4. The SMILES string of the molecule is COC(=O)C(=O)C1=C(c2ccco2)NC(=S)N[C@@H]1c1cccs1. The van der Waals surface area contributed by atoms with E-state index in [9.17, 15) is 9.59 Å². The summed E-state index contributed by atoms with van der Waals surface area (Å²) in [5.74, 6) is -1.27. The molecule has 0 spiro atoms. The van der Waals surface area contributed by atoms with Crippen molar-refractivity contribution in [3.05, 3.63) is 52.1 Å². The van der Waals surface area contributed by atoms with Crippen LogP contribution >= 0.6 is 23.6 Å². The van der Waals surface area contributed by atoms with Crippen molar-refractivity contribution in [1.29, 1.82) is 0 Å². The van der Waals surface area contributed by atoms with Crippen molar-refractivity contribution in [2.75, 3.05) is 7.11 Å². The molecule has 0 saturated carbocycles. The number of thiophene rings is 1. The Bertz CT molecular complexity index is 779. The number of thiocarbonyl (C=S) groups is 1. The number of esters is 1. The van der Waals surface area contributed by atoms with Crippen LogP contribution in [0.4, 0.5) is 0 Å². The molecule has 0 bridgehead atoms. The minimum Gasteiger partial charge on any atom is -0.463 e. The number of hydrogen-bond acceptors (Lipinski definition) is 6. The van der Waals surface area contributed by atoms with Gasteiger partial charge in [-0.25, -0.2) is 4.79 Å². The lowest BCUT2D eigenvalue weighted by Gasteiger charge is -2.29. The van der Waals surface area contributed by atoms with Crippen LogP contribution in [-0.2, 0) is 14.3 Å². The largest absolute Gasteiger partial charge is 0.463 e. The van der Waals surface area contributed by atoms with Gasteiger partial charge in [0, 0.05) is 4.88 Å². The summed E-state index contributed by atoms with van der Waals surface area (Å²) in [5, 5.41) is 8.15. The zero-order valence-corrected chi connectivity index (χ0v) is 13.6. The van der Waals surface area contributed by atoms with Gasteiger partial charge in [-0.15, -0.1) is 11.3 Å². The van der Waals surface area contributed by atoms with E-state index in [1.165, 1.54) is 24.7 Å². The number of rotatable bonds is 4. The lowest BCUT2D eigenvalue weighted by atomic mass is 9.96. The molecule has 1 aliphatic heterocycles. The van der Waals surface area contributed by atoms with E-state index < -0.39 is 17.8 Å². The fourth-order valence-corrected chi connectivity index (χ4v) is 3.30. The fraction of sp³-hybridized carbons (Fsp3) is 0.133. The molecule has 6 nitrogen and oxygen atoms in total. The number of methoxy groups -OCH3 is 1. The number of carbonyl (C=O) groups excluding carboxylic acids is 2. The normalized spacial score (nSPS) is 17.4.